The Bertz CT molecular complexity index is 632. The predicted molar refractivity (Wildman–Crippen MR) is 79.5 cm³/mol. The Morgan fingerprint density at radius 2 is 2.26 bits per heavy atom. The van der Waals surface area contributed by atoms with Crippen molar-refractivity contribution in [3.63, 3.8) is 0 Å². The SMILES string of the molecule is Cc1ccc(S(=O)(=O)NC2(C#N)CCSC2)c(Br)c1. The number of nitrogens with zero attached hydrogens (tertiary/aromatic N) is 1. The molecule has 0 aliphatic carbocycles. The standard InChI is InChI=1S/C12H13BrN2O2S2/c1-9-2-3-11(10(13)6-9)19(16,17)15-12(7-14)4-5-18-8-12/h2-3,6,15H,4-5,8H2,1H3. The maximum Gasteiger partial charge on any atom is 0.243 e. The average Bonchev–Trinajstić information content (AvgIpc) is 2.77. The molecule has 0 aromatic heterocycles. The Hall–Kier alpha value is -0.550. The van der Waals surface area contributed by atoms with E-state index in [2.05, 4.69) is 26.7 Å². The van der Waals surface area contributed by atoms with Crippen LogP contribution in [0.2, 0.25) is 0 Å². The first-order chi connectivity index (χ1) is 8.88. The number of thioether (sulfide) groups is 1. The molecule has 2 rings (SSSR count). The average molecular weight is 361 g/mol. The van der Waals surface area contributed by atoms with Gasteiger partial charge in [0.15, 0.2) is 0 Å². The van der Waals surface area contributed by atoms with E-state index in [4.69, 9.17) is 0 Å². The van der Waals surface area contributed by atoms with Crippen LogP contribution in [0.15, 0.2) is 27.6 Å². The molecule has 1 atom stereocenters. The van der Waals surface area contributed by atoms with Crippen molar-refractivity contribution in [3.05, 3.63) is 28.2 Å². The van der Waals surface area contributed by atoms with Crippen LogP contribution in [0.25, 0.3) is 0 Å². The zero-order chi connectivity index (χ0) is 14.1. The fraction of sp³-hybridized carbons (Fsp3) is 0.417. The van der Waals surface area contributed by atoms with Crippen LogP contribution in [0.4, 0.5) is 0 Å². The zero-order valence-corrected chi connectivity index (χ0v) is 13.5. The molecule has 1 aromatic carbocycles. The van der Waals surface area contributed by atoms with Crippen molar-refractivity contribution in [1.82, 2.24) is 4.72 Å². The van der Waals surface area contributed by atoms with E-state index < -0.39 is 15.6 Å². The van der Waals surface area contributed by atoms with Gasteiger partial charge in [-0.25, -0.2) is 8.42 Å². The summed E-state index contributed by atoms with van der Waals surface area (Å²) in [6, 6.07) is 7.14. The Kier molecular flexibility index (Phi) is 4.26. The van der Waals surface area contributed by atoms with E-state index in [1.54, 1.807) is 30.0 Å². The van der Waals surface area contributed by atoms with Crippen molar-refractivity contribution >= 4 is 37.7 Å². The number of sulfonamides is 1. The molecule has 1 aromatic rings. The van der Waals surface area contributed by atoms with Crippen LogP contribution in [0, 0.1) is 18.3 Å². The second kappa shape index (κ2) is 5.44. The fourth-order valence-corrected chi connectivity index (χ4v) is 5.79. The lowest BCUT2D eigenvalue weighted by molar-refractivity contribution is 0.514. The first kappa shape index (κ1) is 14.9. The normalized spacial score (nSPS) is 23.2. The molecule has 1 saturated heterocycles. The van der Waals surface area contributed by atoms with Gasteiger partial charge in [-0.3, -0.25) is 0 Å². The Morgan fingerprint density at radius 3 is 2.79 bits per heavy atom. The smallest absolute Gasteiger partial charge is 0.207 e. The zero-order valence-electron chi connectivity index (χ0n) is 10.3. The molecular weight excluding hydrogens is 348 g/mol. The van der Waals surface area contributed by atoms with Gasteiger partial charge >= 0.3 is 0 Å². The van der Waals surface area contributed by atoms with E-state index in [0.29, 0.717) is 16.6 Å². The number of rotatable bonds is 3. The lowest BCUT2D eigenvalue weighted by atomic mass is 10.0. The van der Waals surface area contributed by atoms with E-state index in [1.165, 1.54) is 0 Å². The van der Waals surface area contributed by atoms with Crippen LogP contribution in [0.1, 0.15) is 12.0 Å². The first-order valence-electron chi connectivity index (χ1n) is 5.68. The van der Waals surface area contributed by atoms with E-state index >= 15 is 0 Å². The van der Waals surface area contributed by atoms with Crippen LogP contribution in [0.5, 0.6) is 0 Å². The number of aryl methyl sites for hydroxylation is 1. The highest BCUT2D eigenvalue weighted by atomic mass is 79.9. The molecule has 1 N–H and O–H groups in total. The molecule has 19 heavy (non-hydrogen) atoms. The summed E-state index contributed by atoms with van der Waals surface area (Å²) >= 11 is 4.85. The predicted octanol–water partition coefficient (Wildman–Crippen LogP) is 2.44. The van der Waals surface area contributed by atoms with Gasteiger partial charge in [0.05, 0.1) is 11.0 Å². The van der Waals surface area contributed by atoms with Gasteiger partial charge in [0, 0.05) is 10.2 Å². The van der Waals surface area contributed by atoms with Gasteiger partial charge in [-0.1, -0.05) is 6.07 Å². The quantitative estimate of drug-likeness (QED) is 0.898. The van der Waals surface area contributed by atoms with Gasteiger partial charge in [-0.15, -0.1) is 0 Å². The highest BCUT2D eigenvalue weighted by Crippen LogP contribution is 2.30. The van der Waals surface area contributed by atoms with Crippen LogP contribution >= 0.6 is 27.7 Å². The number of halogens is 1. The van der Waals surface area contributed by atoms with Crippen molar-refractivity contribution in [3.8, 4) is 6.07 Å². The van der Waals surface area contributed by atoms with Gasteiger partial charge in [-0.2, -0.15) is 21.7 Å². The van der Waals surface area contributed by atoms with Gasteiger partial charge in [0.1, 0.15) is 5.54 Å². The second-order valence-corrected chi connectivity index (χ2v) is 8.15. The molecule has 0 radical (unpaired) electrons. The lowest BCUT2D eigenvalue weighted by Crippen LogP contribution is -2.47. The maximum absolute atomic E-state index is 12.4. The summed E-state index contributed by atoms with van der Waals surface area (Å²) in [5, 5.41) is 9.24. The Balaban J connectivity index is 2.35. The summed E-state index contributed by atoms with van der Waals surface area (Å²) in [5.74, 6) is 1.29. The molecule has 1 heterocycles. The first-order valence-corrected chi connectivity index (χ1v) is 9.11. The molecule has 0 bridgehead atoms. The summed E-state index contributed by atoms with van der Waals surface area (Å²) in [5.41, 5.74) is -0.00868. The summed E-state index contributed by atoms with van der Waals surface area (Å²) in [4.78, 5) is 0.171. The van der Waals surface area contributed by atoms with Crippen LogP contribution in [-0.4, -0.2) is 25.5 Å². The summed E-state index contributed by atoms with van der Waals surface area (Å²) in [6.07, 6.45) is 0.539. The van der Waals surface area contributed by atoms with Gasteiger partial charge < -0.3 is 0 Å². The Morgan fingerprint density at radius 1 is 1.53 bits per heavy atom. The number of nitriles is 1. The van der Waals surface area contributed by atoms with Gasteiger partial charge in [0.25, 0.3) is 0 Å². The molecule has 102 valence electrons. The second-order valence-electron chi connectivity index (χ2n) is 4.54. The molecule has 4 nitrogen and oxygen atoms in total. The lowest BCUT2D eigenvalue weighted by Gasteiger charge is -2.21. The monoisotopic (exact) mass is 360 g/mol. The molecule has 7 heteroatoms. The summed E-state index contributed by atoms with van der Waals surface area (Å²) < 4.78 is 27.8. The molecule has 1 aliphatic rings. The van der Waals surface area contributed by atoms with Crippen molar-refractivity contribution in [2.24, 2.45) is 0 Å². The minimum absolute atomic E-state index is 0.171. The Labute approximate surface area is 125 Å². The van der Waals surface area contributed by atoms with E-state index in [1.807, 2.05) is 6.92 Å². The largest absolute Gasteiger partial charge is 0.243 e. The molecule has 1 aliphatic heterocycles. The number of hydrogen-bond donors (Lipinski definition) is 1. The van der Waals surface area contributed by atoms with E-state index in [9.17, 15) is 13.7 Å². The third-order valence-corrected chi connectivity index (χ3v) is 6.65. The molecule has 0 amide bonds. The van der Waals surface area contributed by atoms with Crippen molar-refractivity contribution in [1.29, 1.82) is 5.26 Å². The fourth-order valence-electron chi connectivity index (χ4n) is 1.89. The summed E-state index contributed by atoms with van der Waals surface area (Å²) in [7, 11) is -3.69. The minimum atomic E-state index is -3.69. The van der Waals surface area contributed by atoms with E-state index in [-0.39, 0.29) is 4.90 Å². The molecule has 1 unspecified atom stereocenters. The van der Waals surface area contributed by atoms with Crippen LogP contribution < -0.4 is 4.72 Å². The summed E-state index contributed by atoms with van der Waals surface area (Å²) in [6.45, 7) is 1.89. The molecule has 0 saturated carbocycles. The molecular formula is C12H13BrN2O2S2. The number of nitrogens with one attached hydrogen (secondary N) is 1. The van der Waals surface area contributed by atoms with Gasteiger partial charge in [-0.05, 0) is 52.7 Å². The number of hydrogen-bond acceptors (Lipinski definition) is 4. The minimum Gasteiger partial charge on any atom is -0.207 e. The third-order valence-electron chi connectivity index (χ3n) is 2.94. The van der Waals surface area contributed by atoms with E-state index in [0.717, 1.165) is 11.3 Å². The highest BCUT2D eigenvalue weighted by molar-refractivity contribution is 9.10. The van der Waals surface area contributed by atoms with Crippen LogP contribution in [0.3, 0.4) is 0 Å². The van der Waals surface area contributed by atoms with Crippen molar-refractivity contribution in [2.45, 2.75) is 23.8 Å². The van der Waals surface area contributed by atoms with Gasteiger partial charge in [0.2, 0.25) is 10.0 Å². The number of benzene rings is 1. The molecule has 1 fully saturated rings. The van der Waals surface area contributed by atoms with Crippen molar-refractivity contribution < 1.29 is 8.42 Å². The molecule has 0 spiro atoms. The van der Waals surface area contributed by atoms with Crippen molar-refractivity contribution in [2.75, 3.05) is 11.5 Å². The van der Waals surface area contributed by atoms with Crippen LogP contribution in [-0.2, 0) is 10.0 Å². The highest BCUT2D eigenvalue weighted by Gasteiger charge is 2.39. The maximum atomic E-state index is 12.4. The third kappa shape index (κ3) is 3.14. The topological polar surface area (TPSA) is 70.0 Å².